The van der Waals surface area contributed by atoms with Crippen molar-refractivity contribution in [3.8, 4) is 17.3 Å². The molecule has 7 nitrogen and oxygen atoms in total. The van der Waals surface area contributed by atoms with Gasteiger partial charge < -0.3 is 15.3 Å². The van der Waals surface area contributed by atoms with E-state index in [1.165, 1.54) is 6.33 Å². The molecule has 1 fully saturated rings. The van der Waals surface area contributed by atoms with Gasteiger partial charge in [0.15, 0.2) is 11.6 Å². The maximum absolute atomic E-state index is 14.7. The number of amides is 1. The standard InChI is InChI=1S/C17H16FN5O.CHF3O/c1-11(17(24)23-7-2-8-23)22-16-14(18)15(20-10-21-16)13-5-3-12(9-19)4-6-13;2-1(3,4)5/h3-6,10-11H,2,7-8H2,1H3,(H,20,21,22);5H/t11-;/m1./s1. The zero-order chi connectivity index (χ0) is 21.6. The quantitative estimate of drug-likeness (QED) is 0.750. The molecule has 1 aliphatic heterocycles. The molecule has 154 valence electrons. The summed E-state index contributed by atoms with van der Waals surface area (Å²) in [7, 11) is 0. The van der Waals surface area contributed by atoms with E-state index in [2.05, 4.69) is 15.3 Å². The summed E-state index contributed by atoms with van der Waals surface area (Å²) in [6.07, 6.45) is -2.75. The molecule has 1 atom stereocenters. The average molecular weight is 411 g/mol. The fourth-order valence-corrected chi connectivity index (χ4v) is 2.45. The number of halogens is 4. The lowest BCUT2D eigenvalue weighted by molar-refractivity contribution is -0.295. The number of likely N-dealkylation sites (tertiary alicyclic amines) is 1. The second-order valence-corrected chi connectivity index (χ2v) is 6.09. The van der Waals surface area contributed by atoms with Crippen LogP contribution in [0.4, 0.5) is 23.4 Å². The fourth-order valence-electron chi connectivity index (χ4n) is 2.45. The number of nitriles is 1. The molecule has 0 spiro atoms. The van der Waals surface area contributed by atoms with Crippen molar-refractivity contribution < 1.29 is 27.5 Å². The highest BCUT2D eigenvalue weighted by Gasteiger charge is 2.26. The van der Waals surface area contributed by atoms with E-state index in [1.54, 1.807) is 36.1 Å². The average Bonchev–Trinajstić information content (AvgIpc) is 2.60. The minimum atomic E-state index is -5.00. The number of aromatic nitrogens is 2. The zero-order valence-electron chi connectivity index (χ0n) is 15.2. The molecule has 1 saturated heterocycles. The van der Waals surface area contributed by atoms with E-state index in [-0.39, 0.29) is 17.4 Å². The number of aliphatic hydroxyl groups is 1. The van der Waals surface area contributed by atoms with Crippen molar-refractivity contribution in [2.45, 2.75) is 25.7 Å². The third-order valence-electron chi connectivity index (χ3n) is 3.97. The number of rotatable bonds is 4. The third kappa shape index (κ3) is 6.39. The van der Waals surface area contributed by atoms with Gasteiger partial charge in [-0.25, -0.2) is 14.4 Å². The van der Waals surface area contributed by atoms with Gasteiger partial charge in [-0.3, -0.25) is 4.79 Å². The molecule has 3 rings (SSSR count). The van der Waals surface area contributed by atoms with Crippen LogP contribution in [-0.2, 0) is 4.79 Å². The number of benzene rings is 1. The highest BCUT2D eigenvalue weighted by Crippen LogP contribution is 2.25. The molecule has 1 aromatic heterocycles. The molecule has 29 heavy (non-hydrogen) atoms. The number of hydrogen-bond donors (Lipinski definition) is 2. The van der Waals surface area contributed by atoms with Gasteiger partial charge >= 0.3 is 6.36 Å². The fraction of sp³-hybridized carbons (Fsp3) is 0.333. The van der Waals surface area contributed by atoms with Gasteiger partial charge in [-0.15, -0.1) is 13.2 Å². The van der Waals surface area contributed by atoms with Crippen molar-refractivity contribution in [2.24, 2.45) is 0 Å². The van der Waals surface area contributed by atoms with Gasteiger partial charge in [-0.1, -0.05) is 12.1 Å². The highest BCUT2D eigenvalue weighted by atomic mass is 19.4. The van der Waals surface area contributed by atoms with Crippen LogP contribution in [0.25, 0.3) is 11.3 Å². The van der Waals surface area contributed by atoms with E-state index in [1.807, 2.05) is 6.07 Å². The summed E-state index contributed by atoms with van der Waals surface area (Å²) in [6.45, 7) is 3.17. The van der Waals surface area contributed by atoms with Crippen molar-refractivity contribution in [3.05, 3.63) is 42.0 Å². The number of nitrogens with one attached hydrogen (secondary N) is 1. The van der Waals surface area contributed by atoms with E-state index in [0.717, 1.165) is 19.5 Å². The van der Waals surface area contributed by atoms with E-state index < -0.39 is 18.2 Å². The second-order valence-electron chi connectivity index (χ2n) is 6.09. The lowest BCUT2D eigenvalue weighted by Gasteiger charge is -2.33. The normalized spacial score (nSPS) is 14.0. The van der Waals surface area contributed by atoms with Gasteiger partial charge in [0, 0.05) is 18.7 Å². The summed E-state index contributed by atoms with van der Waals surface area (Å²) in [5, 5.41) is 18.2. The van der Waals surface area contributed by atoms with Crippen LogP contribution in [0.3, 0.4) is 0 Å². The van der Waals surface area contributed by atoms with E-state index in [4.69, 9.17) is 10.4 Å². The van der Waals surface area contributed by atoms with Gasteiger partial charge in [-0.05, 0) is 25.5 Å². The van der Waals surface area contributed by atoms with Crippen LogP contribution in [0.2, 0.25) is 0 Å². The molecule has 1 amide bonds. The van der Waals surface area contributed by atoms with Gasteiger partial charge in [0.05, 0.1) is 11.6 Å². The lowest BCUT2D eigenvalue weighted by atomic mass is 10.1. The molecule has 2 N–H and O–H groups in total. The Labute approximate surface area is 163 Å². The van der Waals surface area contributed by atoms with Gasteiger partial charge in [0.25, 0.3) is 0 Å². The van der Waals surface area contributed by atoms with Crippen molar-refractivity contribution in [1.29, 1.82) is 5.26 Å². The molecule has 0 bridgehead atoms. The van der Waals surface area contributed by atoms with Crippen LogP contribution in [0.5, 0.6) is 0 Å². The number of carbonyl (C=O) groups excluding carboxylic acids is 1. The smallest absolute Gasteiger partial charge is 0.356 e. The molecule has 1 aliphatic rings. The first kappa shape index (κ1) is 22.0. The predicted octanol–water partition coefficient (Wildman–Crippen LogP) is 2.69. The maximum atomic E-state index is 14.7. The Balaban J connectivity index is 0.000000537. The molecule has 0 saturated carbocycles. The molecule has 1 aromatic carbocycles. The summed E-state index contributed by atoms with van der Waals surface area (Å²) in [5.41, 5.74) is 1.15. The molecule has 0 unspecified atom stereocenters. The van der Waals surface area contributed by atoms with E-state index >= 15 is 0 Å². The maximum Gasteiger partial charge on any atom is 0.519 e. The molecular weight excluding hydrogens is 394 g/mol. The number of hydrogen-bond acceptors (Lipinski definition) is 6. The molecular formula is C18H17F4N5O2. The monoisotopic (exact) mass is 411 g/mol. The topological polar surface area (TPSA) is 102 Å². The molecule has 2 heterocycles. The Morgan fingerprint density at radius 2 is 1.86 bits per heavy atom. The summed E-state index contributed by atoms with van der Waals surface area (Å²) >= 11 is 0. The van der Waals surface area contributed by atoms with Crippen LogP contribution in [0.15, 0.2) is 30.6 Å². The second kappa shape index (κ2) is 9.29. The Bertz CT molecular complexity index is 887. The van der Waals surface area contributed by atoms with Crippen LogP contribution < -0.4 is 5.32 Å². The first-order chi connectivity index (χ1) is 13.6. The Morgan fingerprint density at radius 3 is 2.34 bits per heavy atom. The number of anilines is 1. The number of alkyl halides is 3. The van der Waals surface area contributed by atoms with Crippen LogP contribution in [0, 0.1) is 17.1 Å². The third-order valence-corrected chi connectivity index (χ3v) is 3.97. The first-order valence-corrected chi connectivity index (χ1v) is 8.45. The summed E-state index contributed by atoms with van der Waals surface area (Å²) in [5.74, 6) is -0.699. The van der Waals surface area contributed by atoms with Crippen molar-refractivity contribution in [3.63, 3.8) is 0 Å². The zero-order valence-corrected chi connectivity index (χ0v) is 15.2. The Hall–Kier alpha value is -3.26. The Morgan fingerprint density at radius 1 is 1.28 bits per heavy atom. The van der Waals surface area contributed by atoms with Gasteiger partial charge in [0.1, 0.15) is 18.1 Å². The lowest BCUT2D eigenvalue weighted by Crippen LogP contribution is -2.48. The van der Waals surface area contributed by atoms with Crippen molar-refractivity contribution >= 4 is 11.7 Å². The van der Waals surface area contributed by atoms with E-state index in [9.17, 15) is 22.4 Å². The molecule has 2 aromatic rings. The van der Waals surface area contributed by atoms with Crippen molar-refractivity contribution in [1.82, 2.24) is 14.9 Å². The van der Waals surface area contributed by atoms with Gasteiger partial charge in [-0.2, -0.15) is 5.26 Å². The molecule has 0 aliphatic carbocycles. The predicted molar refractivity (Wildman–Crippen MR) is 94.7 cm³/mol. The summed E-state index contributed by atoms with van der Waals surface area (Å²) < 4.78 is 44.4. The van der Waals surface area contributed by atoms with Crippen LogP contribution in [-0.4, -0.2) is 51.4 Å². The van der Waals surface area contributed by atoms with Crippen LogP contribution in [0.1, 0.15) is 18.9 Å². The first-order valence-electron chi connectivity index (χ1n) is 8.45. The largest absolute Gasteiger partial charge is 0.519 e. The number of nitrogens with zero attached hydrogens (tertiary/aromatic N) is 4. The van der Waals surface area contributed by atoms with E-state index in [0.29, 0.717) is 11.1 Å². The highest BCUT2D eigenvalue weighted by molar-refractivity contribution is 5.84. The van der Waals surface area contributed by atoms with Gasteiger partial charge in [0.2, 0.25) is 5.91 Å². The minimum Gasteiger partial charge on any atom is -0.356 e. The van der Waals surface area contributed by atoms with Crippen LogP contribution >= 0.6 is 0 Å². The SMILES string of the molecule is C[C@@H](Nc1ncnc(-c2ccc(C#N)cc2)c1F)C(=O)N1CCC1.OC(F)(F)F. The number of carbonyl (C=O) groups is 1. The molecule has 0 radical (unpaired) electrons. The van der Waals surface area contributed by atoms with Crippen molar-refractivity contribution in [2.75, 3.05) is 18.4 Å². The Kier molecular flexibility index (Phi) is 7.06. The summed E-state index contributed by atoms with van der Waals surface area (Å²) in [6, 6.07) is 7.89. The minimum absolute atomic E-state index is 0.00858. The molecule has 11 heteroatoms. The summed E-state index contributed by atoms with van der Waals surface area (Å²) in [4.78, 5) is 21.7.